The number of hydrogen-bond acceptors (Lipinski definition) is 7. The lowest BCUT2D eigenvalue weighted by Crippen LogP contribution is -2.15. The smallest absolute Gasteiger partial charge is 0.261 e. The minimum atomic E-state index is -4.45. The summed E-state index contributed by atoms with van der Waals surface area (Å²) in [5.74, 6) is -1.03. The average molecular weight is 564 g/mol. The summed E-state index contributed by atoms with van der Waals surface area (Å²) in [5, 5.41) is 11.2. The number of aromatic hydroxyl groups is 1. The van der Waals surface area contributed by atoms with Crippen molar-refractivity contribution in [2.24, 2.45) is 0 Å². The predicted octanol–water partition coefficient (Wildman–Crippen LogP) is 4.51. The maximum atomic E-state index is 13.3. The third-order valence-corrected chi connectivity index (χ3v) is 10.3. The number of phenols is 1. The number of sulfone groups is 2. The summed E-state index contributed by atoms with van der Waals surface area (Å²) in [5.41, 5.74) is -0.383. The largest absolute Gasteiger partial charge is 0.505 e. The van der Waals surface area contributed by atoms with E-state index in [1.807, 2.05) is 0 Å². The first-order valence-electron chi connectivity index (χ1n) is 10.2. The quantitative estimate of drug-likeness (QED) is 0.316. The van der Waals surface area contributed by atoms with Crippen molar-refractivity contribution in [3.05, 3.63) is 102 Å². The molecule has 0 atom stereocenters. The molecular weight excluding hydrogens is 546 g/mol. The molecule has 0 bridgehead atoms. The average Bonchev–Trinajstić information content (AvgIpc) is 2.86. The van der Waals surface area contributed by atoms with Crippen LogP contribution in [-0.2, 0) is 29.7 Å². The van der Waals surface area contributed by atoms with Crippen LogP contribution in [0.25, 0.3) is 0 Å². The molecule has 0 saturated carbocycles. The van der Waals surface area contributed by atoms with Gasteiger partial charge in [-0.15, -0.1) is 0 Å². The van der Waals surface area contributed by atoms with Gasteiger partial charge in [-0.25, -0.2) is 25.3 Å². The monoisotopic (exact) mass is 563 g/mol. The van der Waals surface area contributed by atoms with E-state index < -0.39 is 45.2 Å². The van der Waals surface area contributed by atoms with Crippen LogP contribution in [0.5, 0.6) is 5.75 Å². The second-order valence-electron chi connectivity index (χ2n) is 7.51. The molecule has 186 valence electrons. The number of benzene rings is 4. The van der Waals surface area contributed by atoms with Crippen LogP contribution in [0.2, 0.25) is 5.02 Å². The third kappa shape index (κ3) is 4.96. The fourth-order valence-corrected chi connectivity index (χ4v) is 7.39. The van der Waals surface area contributed by atoms with E-state index in [4.69, 9.17) is 11.6 Å². The Bertz CT molecular complexity index is 1650. The Morgan fingerprint density at radius 3 is 1.42 bits per heavy atom. The molecule has 0 aromatic heterocycles. The number of rotatable bonds is 7. The van der Waals surface area contributed by atoms with Gasteiger partial charge < -0.3 is 5.11 Å². The summed E-state index contributed by atoms with van der Waals surface area (Å²) in [6.45, 7) is 0. The summed E-state index contributed by atoms with van der Waals surface area (Å²) in [6.07, 6.45) is 0. The molecular formula is C24H18ClNO7S3. The first-order valence-corrected chi connectivity index (χ1v) is 15.0. The zero-order chi connectivity index (χ0) is 26.1. The molecule has 0 fully saturated rings. The van der Waals surface area contributed by atoms with Crippen molar-refractivity contribution in [1.82, 2.24) is 0 Å². The molecule has 4 aromatic rings. The number of phenolic OH excluding ortho intramolecular Hbond substituents is 1. The van der Waals surface area contributed by atoms with Crippen LogP contribution in [0.4, 0.5) is 5.69 Å². The standard InChI is InChI=1S/C24H18ClNO7S3/c25-17-11-13-21(14-12-17)36(32,33)26-18-15-22(34(28,29)19-7-3-1-4-8-19)24(27)23(16-18)35(30,31)20-9-5-2-6-10-20/h1-16,26-27H. The van der Waals surface area contributed by atoms with Crippen LogP contribution < -0.4 is 4.72 Å². The summed E-state index contributed by atoms with van der Waals surface area (Å²) >= 11 is 5.82. The van der Waals surface area contributed by atoms with Gasteiger partial charge in [0.1, 0.15) is 9.79 Å². The van der Waals surface area contributed by atoms with Gasteiger partial charge in [-0.3, -0.25) is 4.72 Å². The van der Waals surface area contributed by atoms with Crippen LogP contribution >= 0.6 is 11.6 Å². The fourth-order valence-electron chi connectivity index (χ4n) is 3.33. The summed E-state index contributed by atoms with van der Waals surface area (Å²) < 4.78 is 81.5. The zero-order valence-corrected chi connectivity index (χ0v) is 21.4. The Balaban J connectivity index is 1.95. The molecule has 36 heavy (non-hydrogen) atoms. The second kappa shape index (κ2) is 9.58. The molecule has 0 radical (unpaired) electrons. The van der Waals surface area contributed by atoms with Gasteiger partial charge >= 0.3 is 0 Å². The van der Waals surface area contributed by atoms with E-state index in [1.54, 1.807) is 12.1 Å². The molecule has 8 nitrogen and oxygen atoms in total. The van der Waals surface area contributed by atoms with Crippen molar-refractivity contribution >= 4 is 47.0 Å². The van der Waals surface area contributed by atoms with Crippen molar-refractivity contribution < 1.29 is 30.4 Å². The van der Waals surface area contributed by atoms with Crippen LogP contribution in [0.3, 0.4) is 0 Å². The van der Waals surface area contributed by atoms with E-state index in [9.17, 15) is 30.4 Å². The van der Waals surface area contributed by atoms with Crippen LogP contribution in [0.1, 0.15) is 0 Å². The number of halogens is 1. The third-order valence-electron chi connectivity index (χ3n) is 5.10. The molecule has 0 aliphatic rings. The Kier molecular flexibility index (Phi) is 6.84. The number of sulfonamides is 1. The molecule has 0 heterocycles. The van der Waals surface area contributed by atoms with Crippen LogP contribution in [-0.4, -0.2) is 30.4 Å². The molecule has 4 aromatic carbocycles. The van der Waals surface area contributed by atoms with Crippen molar-refractivity contribution in [2.45, 2.75) is 24.5 Å². The Morgan fingerprint density at radius 2 is 1.00 bits per heavy atom. The van der Waals surface area contributed by atoms with Crippen LogP contribution in [0, 0.1) is 0 Å². The van der Waals surface area contributed by atoms with Gasteiger partial charge in [0.25, 0.3) is 10.0 Å². The number of hydrogen-bond donors (Lipinski definition) is 2. The van der Waals surface area contributed by atoms with Crippen molar-refractivity contribution in [1.29, 1.82) is 0 Å². The zero-order valence-electron chi connectivity index (χ0n) is 18.2. The van der Waals surface area contributed by atoms with Crippen molar-refractivity contribution in [3.8, 4) is 5.75 Å². The predicted molar refractivity (Wildman–Crippen MR) is 134 cm³/mol. The molecule has 0 amide bonds. The molecule has 0 aliphatic heterocycles. The number of anilines is 1. The Morgan fingerprint density at radius 1 is 0.583 bits per heavy atom. The molecule has 0 spiro atoms. The molecule has 0 unspecified atom stereocenters. The summed E-state index contributed by atoms with van der Waals surface area (Å²) in [7, 11) is -13.2. The van der Waals surface area contributed by atoms with E-state index >= 15 is 0 Å². The molecule has 0 aliphatic carbocycles. The highest BCUT2D eigenvalue weighted by Crippen LogP contribution is 2.39. The number of nitrogens with one attached hydrogen (secondary N) is 1. The lowest BCUT2D eigenvalue weighted by Gasteiger charge is -2.15. The van der Waals surface area contributed by atoms with Gasteiger partial charge in [0.15, 0.2) is 5.75 Å². The van der Waals surface area contributed by atoms with E-state index in [1.165, 1.54) is 72.8 Å². The van der Waals surface area contributed by atoms with Gasteiger partial charge in [-0.05, 0) is 60.7 Å². The van der Waals surface area contributed by atoms with Gasteiger partial charge in [0.05, 0.1) is 20.4 Å². The fraction of sp³-hybridized carbons (Fsp3) is 0. The minimum Gasteiger partial charge on any atom is -0.505 e. The van der Waals surface area contributed by atoms with E-state index in [0.717, 1.165) is 12.1 Å². The van der Waals surface area contributed by atoms with Crippen LogP contribution in [0.15, 0.2) is 122 Å². The first-order chi connectivity index (χ1) is 16.9. The summed E-state index contributed by atoms with van der Waals surface area (Å²) in [4.78, 5) is -2.19. The van der Waals surface area contributed by atoms with Crippen molar-refractivity contribution in [3.63, 3.8) is 0 Å². The van der Waals surface area contributed by atoms with Gasteiger partial charge in [-0.2, -0.15) is 0 Å². The van der Waals surface area contributed by atoms with Gasteiger partial charge in [0.2, 0.25) is 19.7 Å². The Labute approximate surface area is 213 Å². The molecule has 12 heteroatoms. The topological polar surface area (TPSA) is 135 Å². The molecule has 0 saturated heterocycles. The maximum Gasteiger partial charge on any atom is 0.261 e. The van der Waals surface area contributed by atoms with E-state index in [2.05, 4.69) is 4.72 Å². The van der Waals surface area contributed by atoms with Crippen molar-refractivity contribution in [2.75, 3.05) is 4.72 Å². The maximum absolute atomic E-state index is 13.3. The Hall–Kier alpha value is -3.38. The SMILES string of the molecule is O=S(=O)(Nc1cc(S(=O)(=O)c2ccccc2)c(O)c(S(=O)(=O)c2ccccc2)c1)c1ccc(Cl)cc1. The lowest BCUT2D eigenvalue weighted by molar-refractivity contribution is 0.442. The van der Waals surface area contributed by atoms with E-state index in [-0.39, 0.29) is 20.4 Å². The van der Waals surface area contributed by atoms with Gasteiger partial charge in [0, 0.05) is 5.02 Å². The highest BCUT2D eigenvalue weighted by atomic mass is 35.5. The molecule has 2 N–H and O–H groups in total. The van der Waals surface area contributed by atoms with E-state index in [0.29, 0.717) is 5.02 Å². The normalized spacial score (nSPS) is 12.2. The highest BCUT2D eigenvalue weighted by molar-refractivity contribution is 7.93. The summed E-state index contributed by atoms with van der Waals surface area (Å²) in [6, 6.07) is 21.0. The minimum absolute atomic E-state index is 0.195. The molecule has 4 rings (SSSR count). The second-order valence-corrected chi connectivity index (χ2v) is 13.5. The lowest BCUT2D eigenvalue weighted by atomic mass is 10.3. The highest BCUT2D eigenvalue weighted by Gasteiger charge is 2.31. The van der Waals surface area contributed by atoms with Gasteiger partial charge in [-0.1, -0.05) is 48.0 Å². The first kappa shape index (κ1) is 25.7.